The molecular formula is C14H36O. The van der Waals surface area contributed by atoms with E-state index in [2.05, 4.69) is 41.5 Å². The topological polar surface area (TPSA) is 20.2 Å². The number of rotatable bonds is 3. The van der Waals surface area contributed by atoms with Gasteiger partial charge in [0.1, 0.15) is 0 Å². The van der Waals surface area contributed by atoms with Gasteiger partial charge in [-0.2, -0.15) is 0 Å². The molecule has 0 aliphatic carbocycles. The number of unbranched alkanes of at least 4 members (excludes halogenated alkanes) is 2. The third kappa shape index (κ3) is 228. The van der Waals surface area contributed by atoms with E-state index >= 15 is 0 Å². The zero-order valence-electron chi connectivity index (χ0n) is 11.5. The number of hydrogen-bond acceptors (Lipinski definition) is 1. The Labute approximate surface area is 99.3 Å². The molecule has 0 bridgehead atoms. The van der Waals surface area contributed by atoms with Crippen LogP contribution in [-0.2, 0) is 0 Å². The molecule has 0 heterocycles. The lowest BCUT2D eigenvalue weighted by Gasteiger charge is -2.05. The fourth-order valence-corrected chi connectivity index (χ4v) is 0.354. The minimum absolute atomic E-state index is 0. The van der Waals surface area contributed by atoms with E-state index in [9.17, 15) is 0 Å². The molecule has 1 heteroatoms. The molecule has 0 amide bonds. The van der Waals surface area contributed by atoms with Crippen LogP contribution in [0.2, 0.25) is 0 Å². The smallest absolute Gasteiger partial charge is 0.0428 e. The summed E-state index contributed by atoms with van der Waals surface area (Å²) in [6.45, 7) is 15.4. The maximum absolute atomic E-state index is 7.88. The molecule has 0 aromatic rings. The highest BCUT2D eigenvalue weighted by atomic mass is 16.2. The fraction of sp³-hybridized carbons (Fsp3) is 1.00. The summed E-state index contributed by atoms with van der Waals surface area (Å²) >= 11 is 0. The summed E-state index contributed by atoms with van der Waals surface area (Å²) in [6, 6.07) is 0. The number of aliphatic hydroxyl groups is 1. The van der Waals surface area contributed by atoms with E-state index in [0.717, 1.165) is 6.42 Å². The van der Waals surface area contributed by atoms with E-state index in [-0.39, 0.29) is 7.43 Å². The van der Waals surface area contributed by atoms with Crippen molar-refractivity contribution in [2.75, 3.05) is 6.61 Å². The predicted octanol–water partition coefficient (Wildman–Crippen LogP) is 5.27. The molecule has 0 aromatic carbocycles. The minimum Gasteiger partial charge on any atom is -0.396 e. The van der Waals surface area contributed by atoms with Crippen LogP contribution in [0, 0.1) is 5.41 Å². The lowest BCUT2D eigenvalue weighted by atomic mass is 10.0. The largest absolute Gasteiger partial charge is 0.396 e. The minimum atomic E-state index is 0. The normalized spacial score (nSPS) is 8.80. The molecule has 98 valence electrons. The lowest BCUT2D eigenvalue weighted by molar-refractivity contribution is 0.295. The highest BCUT2D eigenvalue weighted by Crippen LogP contribution is 2.08. The quantitative estimate of drug-likeness (QED) is 0.686. The van der Waals surface area contributed by atoms with Crippen molar-refractivity contribution >= 4 is 0 Å². The predicted molar refractivity (Wildman–Crippen MR) is 74.4 cm³/mol. The molecule has 1 N–H and O–H groups in total. The molecule has 0 radical (unpaired) electrons. The van der Waals surface area contributed by atoms with Crippen LogP contribution in [0.25, 0.3) is 0 Å². The molecule has 1 nitrogen and oxygen atoms in total. The zero-order valence-corrected chi connectivity index (χ0v) is 11.5. The summed E-state index contributed by atoms with van der Waals surface area (Å²) in [7, 11) is 0. The van der Waals surface area contributed by atoms with Gasteiger partial charge in [0, 0.05) is 6.61 Å². The average molecular weight is 220 g/mol. The van der Waals surface area contributed by atoms with E-state index in [1.165, 1.54) is 19.3 Å². The van der Waals surface area contributed by atoms with Crippen LogP contribution in [0.4, 0.5) is 0 Å². The van der Waals surface area contributed by atoms with Crippen LogP contribution in [-0.4, -0.2) is 11.7 Å². The third-order valence-corrected chi connectivity index (χ3v) is 0.931. The Morgan fingerprint density at radius 3 is 1.00 bits per heavy atom. The molecule has 0 aliphatic rings. The SMILES string of the molecule is C.CC(C)(C)C.CCCCC.CCCO. The van der Waals surface area contributed by atoms with Crippen LogP contribution in [0.15, 0.2) is 0 Å². The Bertz CT molecular complexity index is 61.9. The van der Waals surface area contributed by atoms with Gasteiger partial charge in [0.25, 0.3) is 0 Å². The van der Waals surface area contributed by atoms with Crippen LogP contribution < -0.4 is 0 Å². The Morgan fingerprint density at radius 1 is 0.800 bits per heavy atom. The van der Waals surface area contributed by atoms with E-state index in [1.807, 2.05) is 6.92 Å². The Hall–Kier alpha value is -0.0400. The molecule has 0 atom stereocenters. The fourth-order valence-electron chi connectivity index (χ4n) is 0.354. The van der Waals surface area contributed by atoms with Gasteiger partial charge in [-0.25, -0.2) is 0 Å². The molecular weight excluding hydrogens is 184 g/mol. The number of hydrogen-bond donors (Lipinski definition) is 1. The van der Waals surface area contributed by atoms with Gasteiger partial charge < -0.3 is 5.11 Å². The second-order valence-corrected chi connectivity index (χ2v) is 5.08. The summed E-state index contributed by atoms with van der Waals surface area (Å²) in [5, 5.41) is 7.88. The van der Waals surface area contributed by atoms with Crippen molar-refractivity contribution in [2.24, 2.45) is 5.41 Å². The van der Waals surface area contributed by atoms with Crippen molar-refractivity contribution in [1.29, 1.82) is 0 Å². The molecule has 0 aliphatic heterocycles. The van der Waals surface area contributed by atoms with Gasteiger partial charge in [-0.3, -0.25) is 0 Å². The van der Waals surface area contributed by atoms with Crippen LogP contribution in [0.3, 0.4) is 0 Å². The molecule has 15 heavy (non-hydrogen) atoms. The van der Waals surface area contributed by atoms with Crippen molar-refractivity contribution in [3.8, 4) is 0 Å². The number of aliphatic hydroxyl groups excluding tert-OH is 1. The first-order valence-corrected chi connectivity index (χ1v) is 5.94. The molecule has 0 saturated heterocycles. The summed E-state index contributed by atoms with van der Waals surface area (Å²) in [5.41, 5.74) is 0.500. The lowest BCUT2D eigenvalue weighted by Crippen LogP contribution is -1.93. The highest BCUT2D eigenvalue weighted by molar-refractivity contribution is 4.47. The second-order valence-electron chi connectivity index (χ2n) is 5.08. The molecule has 0 spiro atoms. The van der Waals surface area contributed by atoms with Gasteiger partial charge in [0.05, 0.1) is 0 Å². The Balaban J connectivity index is -0.0000000590. The first kappa shape index (κ1) is 24.3. The van der Waals surface area contributed by atoms with Crippen molar-refractivity contribution in [2.45, 2.75) is 81.6 Å². The standard InChI is InChI=1S/2C5H12.C3H8O.CH4/c1-5(2,3)4;1-3-5-4-2;1-2-3-4;/h1-4H3;3-5H2,1-2H3;4H,2-3H2,1H3;1H4. The molecule has 0 unspecified atom stereocenters. The van der Waals surface area contributed by atoms with Crippen molar-refractivity contribution in [3.05, 3.63) is 0 Å². The van der Waals surface area contributed by atoms with Crippen LogP contribution in [0.1, 0.15) is 81.6 Å². The Kier molecular flexibility index (Phi) is 31.6. The Morgan fingerprint density at radius 2 is 1.00 bits per heavy atom. The average Bonchev–Trinajstić information content (AvgIpc) is 2.03. The second kappa shape index (κ2) is 19.5. The van der Waals surface area contributed by atoms with E-state index in [0.29, 0.717) is 12.0 Å². The molecule has 0 saturated carbocycles. The maximum atomic E-state index is 7.88. The van der Waals surface area contributed by atoms with E-state index < -0.39 is 0 Å². The summed E-state index contributed by atoms with van der Waals surface area (Å²) < 4.78 is 0. The summed E-state index contributed by atoms with van der Waals surface area (Å²) in [4.78, 5) is 0. The first-order chi connectivity index (χ1) is 6.33. The van der Waals surface area contributed by atoms with Crippen LogP contribution >= 0.6 is 0 Å². The van der Waals surface area contributed by atoms with Gasteiger partial charge in [-0.05, 0) is 11.8 Å². The zero-order chi connectivity index (χ0) is 12.0. The van der Waals surface area contributed by atoms with Gasteiger partial charge in [-0.1, -0.05) is 75.2 Å². The van der Waals surface area contributed by atoms with E-state index in [4.69, 9.17) is 5.11 Å². The molecule has 0 rings (SSSR count). The summed E-state index contributed by atoms with van der Waals surface area (Å²) in [6.07, 6.45) is 4.95. The monoisotopic (exact) mass is 220 g/mol. The highest BCUT2D eigenvalue weighted by Gasteiger charge is 1.95. The molecule has 0 aromatic heterocycles. The van der Waals surface area contributed by atoms with Crippen LogP contribution in [0.5, 0.6) is 0 Å². The van der Waals surface area contributed by atoms with Crippen molar-refractivity contribution < 1.29 is 5.11 Å². The first-order valence-electron chi connectivity index (χ1n) is 5.94. The maximum Gasteiger partial charge on any atom is 0.0428 e. The van der Waals surface area contributed by atoms with Gasteiger partial charge >= 0.3 is 0 Å². The van der Waals surface area contributed by atoms with Gasteiger partial charge in [0.2, 0.25) is 0 Å². The van der Waals surface area contributed by atoms with Gasteiger partial charge in [-0.15, -0.1) is 0 Å². The summed E-state index contributed by atoms with van der Waals surface area (Å²) in [5.74, 6) is 0. The molecule has 0 fully saturated rings. The van der Waals surface area contributed by atoms with Crippen molar-refractivity contribution in [1.82, 2.24) is 0 Å². The van der Waals surface area contributed by atoms with Crippen molar-refractivity contribution in [3.63, 3.8) is 0 Å². The van der Waals surface area contributed by atoms with E-state index in [1.54, 1.807) is 0 Å². The van der Waals surface area contributed by atoms with Gasteiger partial charge in [0.15, 0.2) is 0 Å². The third-order valence-electron chi connectivity index (χ3n) is 0.931.